The van der Waals surface area contributed by atoms with Gasteiger partial charge in [0.25, 0.3) is 5.91 Å². The van der Waals surface area contributed by atoms with Gasteiger partial charge in [-0.05, 0) is 49.2 Å². The first-order valence-electron chi connectivity index (χ1n) is 12.2. The van der Waals surface area contributed by atoms with Crippen molar-refractivity contribution >= 4 is 28.5 Å². The highest BCUT2D eigenvalue weighted by Crippen LogP contribution is 2.42. The van der Waals surface area contributed by atoms with Gasteiger partial charge in [-0.15, -0.1) is 0 Å². The van der Waals surface area contributed by atoms with Crippen LogP contribution in [0.5, 0.6) is 11.5 Å². The average molecular weight is 505 g/mol. The molecule has 1 amide bonds. The van der Waals surface area contributed by atoms with Crippen molar-refractivity contribution in [1.82, 2.24) is 19.9 Å². The molecule has 1 aliphatic rings. The summed E-state index contributed by atoms with van der Waals surface area (Å²) in [6.45, 7) is 0. The van der Waals surface area contributed by atoms with Crippen molar-refractivity contribution in [3.05, 3.63) is 72.6 Å². The fourth-order valence-corrected chi connectivity index (χ4v) is 5.26. The van der Waals surface area contributed by atoms with Crippen molar-refractivity contribution in [2.24, 2.45) is 0 Å². The van der Waals surface area contributed by atoms with Crippen LogP contribution in [0.3, 0.4) is 0 Å². The monoisotopic (exact) mass is 504 g/mol. The lowest BCUT2D eigenvalue weighted by Crippen LogP contribution is -2.50. The number of hydrogen-bond acceptors (Lipinski definition) is 5. The summed E-state index contributed by atoms with van der Waals surface area (Å²) in [5.41, 5.74) is 2.51. The van der Waals surface area contributed by atoms with Crippen LogP contribution in [0.4, 0.5) is 0 Å². The Morgan fingerprint density at radius 2 is 1.81 bits per heavy atom. The number of imidazole rings is 1. The average Bonchev–Trinajstić information content (AvgIpc) is 3.33. The molecule has 8 heteroatoms. The van der Waals surface area contributed by atoms with Gasteiger partial charge in [0.2, 0.25) is 5.00 Å². The van der Waals surface area contributed by atoms with Crippen LogP contribution in [0.2, 0.25) is 0 Å². The number of rotatable bonds is 7. The second kappa shape index (κ2) is 10.2. The van der Waals surface area contributed by atoms with E-state index in [1.807, 2.05) is 42.5 Å². The molecule has 1 unspecified atom stereocenters. The number of fused-ring (bicyclic) bond motifs is 1. The van der Waals surface area contributed by atoms with E-state index in [1.54, 1.807) is 43.2 Å². The summed E-state index contributed by atoms with van der Waals surface area (Å²) < 4.78 is 12.9. The zero-order valence-corrected chi connectivity index (χ0v) is 21.2. The third-order valence-corrected chi connectivity index (χ3v) is 7.30. The van der Waals surface area contributed by atoms with Gasteiger partial charge < -0.3 is 14.8 Å². The number of halogens is 1. The molecule has 1 saturated carbocycles. The second-order valence-electron chi connectivity index (χ2n) is 8.97. The number of alkyl halides is 1. The maximum absolute atomic E-state index is 14.1. The van der Waals surface area contributed by atoms with E-state index in [2.05, 4.69) is 10.3 Å². The molecule has 1 fully saturated rings. The number of amides is 1. The fraction of sp³-hybridized carbons (Fsp3) is 0.321. The normalized spacial score (nSPS) is 15.9. The van der Waals surface area contributed by atoms with Crippen molar-refractivity contribution < 1.29 is 14.3 Å². The van der Waals surface area contributed by atoms with Crippen molar-refractivity contribution in [1.29, 1.82) is 0 Å². The van der Waals surface area contributed by atoms with Gasteiger partial charge in [-0.3, -0.25) is 14.3 Å². The first kappa shape index (κ1) is 24.1. The van der Waals surface area contributed by atoms with Gasteiger partial charge >= 0.3 is 0 Å². The summed E-state index contributed by atoms with van der Waals surface area (Å²) in [5, 5.41) is 3.23. The molecular formula is C28H29ClN4O3. The van der Waals surface area contributed by atoms with E-state index >= 15 is 0 Å². The van der Waals surface area contributed by atoms with Gasteiger partial charge in [0.1, 0.15) is 17.3 Å². The van der Waals surface area contributed by atoms with E-state index < -0.39 is 5.00 Å². The van der Waals surface area contributed by atoms with Gasteiger partial charge in [0.05, 0.1) is 36.5 Å². The van der Waals surface area contributed by atoms with Gasteiger partial charge in [0.15, 0.2) is 0 Å². The molecule has 0 bridgehead atoms. The number of para-hydroxylation sites is 2. The summed E-state index contributed by atoms with van der Waals surface area (Å²) in [7, 11) is 3.19. The van der Waals surface area contributed by atoms with Crippen LogP contribution in [0.1, 0.15) is 37.8 Å². The summed E-state index contributed by atoms with van der Waals surface area (Å²) in [5.74, 6) is 1.37. The summed E-state index contributed by atoms with van der Waals surface area (Å²) in [6.07, 6.45) is 6.88. The van der Waals surface area contributed by atoms with E-state index in [1.165, 1.54) is 6.42 Å². The minimum atomic E-state index is -1.69. The first-order valence-corrected chi connectivity index (χ1v) is 12.6. The minimum Gasteiger partial charge on any atom is -0.497 e. The summed E-state index contributed by atoms with van der Waals surface area (Å²) >= 11 is 7.47. The smallest absolute Gasteiger partial charge is 0.268 e. The molecule has 36 heavy (non-hydrogen) atoms. The zero-order chi connectivity index (χ0) is 25.1. The number of aromatic nitrogens is 3. The molecule has 0 radical (unpaired) electrons. The van der Waals surface area contributed by atoms with Crippen LogP contribution in [0.15, 0.2) is 66.9 Å². The van der Waals surface area contributed by atoms with E-state index in [9.17, 15) is 4.79 Å². The molecule has 2 heterocycles. The number of pyridine rings is 1. The maximum Gasteiger partial charge on any atom is 0.268 e. The van der Waals surface area contributed by atoms with Crippen molar-refractivity contribution in [2.45, 2.75) is 43.1 Å². The molecule has 0 spiro atoms. The van der Waals surface area contributed by atoms with Crippen LogP contribution in [-0.2, 0) is 9.79 Å². The maximum atomic E-state index is 14.1. The van der Waals surface area contributed by atoms with E-state index in [0.29, 0.717) is 39.6 Å². The minimum absolute atomic E-state index is 0.0712. The van der Waals surface area contributed by atoms with Gasteiger partial charge in [-0.1, -0.05) is 49.1 Å². The second-order valence-corrected chi connectivity index (χ2v) is 9.52. The lowest BCUT2D eigenvalue weighted by Gasteiger charge is -2.32. The number of carbonyl (C=O) groups is 1. The Bertz CT molecular complexity index is 1370. The Balaban J connectivity index is 1.75. The predicted octanol–water partition coefficient (Wildman–Crippen LogP) is 5.50. The van der Waals surface area contributed by atoms with Crippen LogP contribution in [-0.4, -0.2) is 40.7 Å². The molecular weight excluding hydrogens is 476 g/mol. The molecule has 7 nitrogen and oxygen atoms in total. The molecule has 2 aromatic heterocycles. The highest BCUT2D eigenvalue weighted by Gasteiger charge is 2.45. The fourth-order valence-electron chi connectivity index (χ4n) is 4.92. The topological polar surface area (TPSA) is 78.3 Å². The van der Waals surface area contributed by atoms with Gasteiger partial charge in [-0.2, -0.15) is 0 Å². The third-order valence-electron chi connectivity index (χ3n) is 6.76. The summed E-state index contributed by atoms with van der Waals surface area (Å²) in [6, 6.07) is 18.6. The first-order chi connectivity index (χ1) is 17.6. The Kier molecular flexibility index (Phi) is 6.83. The molecule has 186 valence electrons. The molecule has 1 atom stereocenters. The number of nitrogens with zero attached hydrogens (tertiary/aromatic N) is 3. The third kappa shape index (κ3) is 4.28. The number of carbonyl (C=O) groups excluding carboxylic acids is 1. The largest absolute Gasteiger partial charge is 0.497 e. The van der Waals surface area contributed by atoms with Crippen LogP contribution >= 0.6 is 11.6 Å². The van der Waals surface area contributed by atoms with E-state index in [-0.39, 0.29) is 11.9 Å². The number of ether oxygens (including phenoxy) is 2. The Morgan fingerprint density at radius 3 is 2.53 bits per heavy atom. The molecule has 5 rings (SSSR count). The van der Waals surface area contributed by atoms with Crippen LogP contribution in [0.25, 0.3) is 22.4 Å². The number of hydrogen-bond donors (Lipinski definition) is 1. The Morgan fingerprint density at radius 1 is 1.03 bits per heavy atom. The lowest BCUT2D eigenvalue weighted by molar-refractivity contribution is -0.125. The zero-order valence-electron chi connectivity index (χ0n) is 20.4. The van der Waals surface area contributed by atoms with Gasteiger partial charge in [-0.25, -0.2) is 4.98 Å². The number of methoxy groups -OCH3 is 2. The Labute approximate surface area is 215 Å². The van der Waals surface area contributed by atoms with Crippen molar-refractivity contribution in [2.75, 3.05) is 14.2 Å². The molecule has 4 aromatic rings. The molecule has 0 aliphatic heterocycles. The number of benzene rings is 2. The molecule has 0 saturated heterocycles. The standard InChI is InChI=1S/C28H29ClN4O3/c1-35-20-15-16-21(24(18-20)36-2)26-32-22-12-6-7-13-23(22)33(26)28(29,25-14-8-9-17-30-25)27(34)31-19-10-4-3-5-11-19/h6-9,12-19H,3-5,10-11H2,1-2H3,(H,31,34). The van der Waals surface area contributed by atoms with Gasteiger partial charge in [0, 0.05) is 18.3 Å². The van der Waals surface area contributed by atoms with E-state index in [0.717, 1.165) is 25.7 Å². The SMILES string of the molecule is COc1ccc(-c2nc3ccccc3n2C(Cl)(C(=O)NC2CCCCC2)c2ccccn2)c(OC)c1. The quantitative estimate of drug-likeness (QED) is 0.336. The lowest BCUT2D eigenvalue weighted by atomic mass is 9.95. The molecule has 2 aromatic carbocycles. The highest BCUT2D eigenvalue weighted by molar-refractivity contribution is 6.35. The van der Waals surface area contributed by atoms with E-state index in [4.69, 9.17) is 26.1 Å². The summed E-state index contributed by atoms with van der Waals surface area (Å²) in [4.78, 5) is 21.9. The predicted molar refractivity (Wildman–Crippen MR) is 140 cm³/mol. The molecule has 1 aliphatic carbocycles. The molecule has 1 N–H and O–H groups in total. The number of nitrogens with one attached hydrogen (secondary N) is 1. The highest BCUT2D eigenvalue weighted by atomic mass is 35.5. The van der Waals surface area contributed by atoms with Crippen molar-refractivity contribution in [3.63, 3.8) is 0 Å². The van der Waals surface area contributed by atoms with Crippen molar-refractivity contribution in [3.8, 4) is 22.9 Å². The van der Waals surface area contributed by atoms with Crippen LogP contribution in [0, 0.1) is 0 Å². The Hall–Kier alpha value is -3.58. The van der Waals surface area contributed by atoms with Crippen LogP contribution < -0.4 is 14.8 Å².